The molecule has 1 N–H and O–H groups in total. The molecule has 1 atom stereocenters. The van der Waals surface area contributed by atoms with Crippen LogP contribution in [0.4, 0.5) is 14.9 Å². The molecular formula is C17H19FN2O2. The second-order valence-corrected chi connectivity index (χ2v) is 4.97. The summed E-state index contributed by atoms with van der Waals surface area (Å²) in [4.78, 5) is 13.7. The van der Waals surface area contributed by atoms with Gasteiger partial charge in [0.2, 0.25) is 0 Å². The van der Waals surface area contributed by atoms with Gasteiger partial charge in [0.1, 0.15) is 11.6 Å². The predicted molar refractivity (Wildman–Crippen MR) is 84.6 cm³/mol. The third-order valence-electron chi connectivity index (χ3n) is 3.60. The molecular weight excluding hydrogens is 283 g/mol. The van der Waals surface area contributed by atoms with E-state index in [-0.39, 0.29) is 17.9 Å². The molecule has 0 aliphatic carbocycles. The van der Waals surface area contributed by atoms with Crippen molar-refractivity contribution in [2.45, 2.75) is 13.0 Å². The van der Waals surface area contributed by atoms with Crippen molar-refractivity contribution in [3.8, 4) is 5.75 Å². The molecule has 0 aromatic heterocycles. The predicted octanol–water partition coefficient (Wildman–Crippen LogP) is 4.06. The molecule has 0 aliphatic rings. The zero-order chi connectivity index (χ0) is 16.1. The first kappa shape index (κ1) is 15.8. The van der Waals surface area contributed by atoms with Gasteiger partial charge in [-0.05, 0) is 37.3 Å². The number of nitrogens with one attached hydrogen (secondary N) is 1. The average Bonchev–Trinajstić information content (AvgIpc) is 2.54. The van der Waals surface area contributed by atoms with Crippen molar-refractivity contribution in [1.82, 2.24) is 4.90 Å². The lowest BCUT2D eigenvalue weighted by molar-refractivity contribution is 0.207. The average molecular weight is 302 g/mol. The Morgan fingerprint density at radius 1 is 1.18 bits per heavy atom. The molecule has 0 spiro atoms. The van der Waals surface area contributed by atoms with E-state index in [9.17, 15) is 9.18 Å². The van der Waals surface area contributed by atoms with Crippen LogP contribution in [0.3, 0.4) is 0 Å². The van der Waals surface area contributed by atoms with Crippen LogP contribution in [0.2, 0.25) is 0 Å². The number of anilines is 1. The largest absolute Gasteiger partial charge is 0.497 e. The summed E-state index contributed by atoms with van der Waals surface area (Å²) in [6, 6.07) is 12.8. The lowest BCUT2D eigenvalue weighted by Crippen LogP contribution is -2.33. The molecule has 2 aromatic rings. The van der Waals surface area contributed by atoms with Crippen LogP contribution in [-0.2, 0) is 0 Å². The van der Waals surface area contributed by atoms with E-state index in [1.807, 2.05) is 0 Å². The Balaban J connectivity index is 2.06. The van der Waals surface area contributed by atoms with Crippen LogP contribution < -0.4 is 10.1 Å². The molecule has 4 nitrogen and oxygen atoms in total. The number of amides is 2. The number of carbonyl (C=O) groups is 1. The second kappa shape index (κ2) is 6.93. The minimum Gasteiger partial charge on any atom is -0.497 e. The molecule has 0 radical (unpaired) electrons. The number of halogens is 1. The van der Waals surface area contributed by atoms with Crippen LogP contribution in [0.15, 0.2) is 48.5 Å². The van der Waals surface area contributed by atoms with Crippen molar-refractivity contribution >= 4 is 11.7 Å². The van der Waals surface area contributed by atoms with Crippen molar-refractivity contribution in [1.29, 1.82) is 0 Å². The van der Waals surface area contributed by atoms with Crippen LogP contribution in [0.5, 0.6) is 5.75 Å². The van der Waals surface area contributed by atoms with Crippen molar-refractivity contribution in [3.63, 3.8) is 0 Å². The summed E-state index contributed by atoms with van der Waals surface area (Å²) in [5.41, 5.74) is 1.13. The molecule has 2 aromatic carbocycles. The van der Waals surface area contributed by atoms with Crippen molar-refractivity contribution < 1.29 is 13.9 Å². The van der Waals surface area contributed by atoms with Gasteiger partial charge in [-0.3, -0.25) is 0 Å². The summed E-state index contributed by atoms with van der Waals surface area (Å²) in [6.07, 6.45) is 0. The number of methoxy groups -OCH3 is 1. The molecule has 2 amide bonds. The van der Waals surface area contributed by atoms with Gasteiger partial charge in [0, 0.05) is 18.3 Å². The molecule has 0 fully saturated rings. The van der Waals surface area contributed by atoms with E-state index in [0.717, 1.165) is 0 Å². The summed E-state index contributed by atoms with van der Waals surface area (Å²) in [5, 5.41) is 2.77. The normalized spacial score (nSPS) is 11.6. The monoisotopic (exact) mass is 302 g/mol. The van der Waals surface area contributed by atoms with Crippen LogP contribution in [0.1, 0.15) is 18.5 Å². The number of urea groups is 1. The fourth-order valence-electron chi connectivity index (χ4n) is 2.08. The first-order valence-electron chi connectivity index (χ1n) is 6.95. The number of ether oxygens (including phenoxy) is 1. The molecule has 1 unspecified atom stereocenters. The summed E-state index contributed by atoms with van der Waals surface area (Å²) in [5.74, 6) is 0.394. The maximum Gasteiger partial charge on any atom is 0.322 e. The molecule has 0 heterocycles. The van der Waals surface area contributed by atoms with Gasteiger partial charge < -0.3 is 15.0 Å². The number of rotatable bonds is 4. The molecule has 0 saturated heterocycles. The Bertz CT molecular complexity index is 643. The highest BCUT2D eigenvalue weighted by Crippen LogP contribution is 2.22. The maximum atomic E-state index is 13.8. The molecule has 5 heteroatoms. The van der Waals surface area contributed by atoms with Gasteiger partial charge in [0.05, 0.1) is 13.2 Å². The first-order valence-corrected chi connectivity index (χ1v) is 6.95. The molecule has 116 valence electrons. The summed E-state index contributed by atoms with van der Waals surface area (Å²) in [7, 11) is 3.22. The molecule has 0 aliphatic heterocycles. The highest BCUT2D eigenvalue weighted by Gasteiger charge is 2.19. The Hall–Kier alpha value is -2.56. The Kier molecular flexibility index (Phi) is 4.99. The van der Waals surface area contributed by atoms with E-state index in [1.54, 1.807) is 63.5 Å². The highest BCUT2D eigenvalue weighted by molar-refractivity contribution is 5.89. The summed E-state index contributed by atoms with van der Waals surface area (Å²) >= 11 is 0. The second-order valence-electron chi connectivity index (χ2n) is 4.97. The van der Waals surface area contributed by atoms with Gasteiger partial charge in [-0.25, -0.2) is 9.18 Å². The van der Waals surface area contributed by atoms with E-state index in [0.29, 0.717) is 17.0 Å². The number of carbonyl (C=O) groups excluding carboxylic acids is 1. The standard InChI is InChI=1S/C17H19FN2O2/c1-12(15-6-4-5-7-16(15)18)20(2)17(21)19-13-8-10-14(22-3)11-9-13/h4-12H,1-3H3,(H,19,21). The molecule has 22 heavy (non-hydrogen) atoms. The van der Waals surface area contributed by atoms with Crippen molar-refractivity contribution in [3.05, 3.63) is 59.9 Å². The van der Waals surface area contributed by atoms with Gasteiger partial charge in [0.25, 0.3) is 0 Å². The van der Waals surface area contributed by atoms with Crippen LogP contribution in [0.25, 0.3) is 0 Å². The number of benzene rings is 2. The fraction of sp³-hybridized carbons (Fsp3) is 0.235. The van der Waals surface area contributed by atoms with Crippen LogP contribution in [-0.4, -0.2) is 25.1 Å². The van der Waals surface area contributed by atoms with Gasteiger partial charge in [-0.1, -0.05) is 18.2 Å². The van der Waals surface area contributed by atoms with E-state index in [4.69, 9.17) is 4.74 Å². The molecule has 0 saturated carbocycles. The highest BCUT2D eigenvalue weighted by atomic mass is 19.1. The van der Waals surface area contributed by atoms with Crippen molar-refractivity contribution in [2.24, 2.45) is 0 Å². The SMILES string of the molecule is COc1ccc(NC(=O)N(C)C(C)c2ccccc2F)cc1. The van der Waals surface area contributed by atoms with Crippen molar-refractivity contribution in [2.75, 3.05) is 19.5 Å². The zero-order valence-electron chi connectivity index (χ0n) is 12.8. The lowest BCUT2D eigenvalue weighted by Gasteiger charge is -2.26. The van der Waals surface area contributed by atoms with E-state index in [2.05, 4.69) is 5.32 Å². The Morgan fingerprint density at radius 3 is 2.41 bits per heavy atom. The fourth-order valence-corrected chi connectivity index (χ4v) is 2.08. The molecule has 2 rings (SSSR count). The van der Waals surface area contributed by atoms with E-state index < -0.39 is 0 Å². The van der Waals surface area contributed by atoms with E-state index in [1.165, 1.54) is 11.0 Å². The van der Waals surface area contributed by atoms with Crippen LogP contribution >= 0.6 is 0 Å². The molecule has 0 bridgehead atoms. The Labute approximate surface area is 129 Å². The number of hydrogen-bond donors (Lipinski definition) is 1. The first-order chi connectivity index (χ1) is 10.5. The smallest absolute Gasteiger partial charge is 0.322 e. The van der Waals surface area contributed by atoms with Crippen LogP contribution in [0, 0.1) is 5.82 Å². The summed E-state index contributed by atoms with van der Waals surface area (Å²) in [6.45, 7) is 1.78. The van der Waals surface area contributed by atoms with E-state index >= 15 is 0 Å². The third-order valence-corrected chi connectivity index (χ3v) is 3.60. The topological polar surface area (TPSA) is 41.6 Å². The summed E-state index contributed by atoms with van der Waals surface area (Å²) < 4.78 is 18.9. The Morgan fingerprint density at radius 2 is 1.82 bits per heavy atom. The van der Waals surface area contributed by atoms with Gasteiger partial charge >= 0.3 is 6.03 Å². The third kappa shape index (κ3) is 3.55. The number of hydrogen-bond acceptors (Lipinski definition) is 2. The van der Waals surface area contributed by atoms with Gasteiger partial charge in [0.15, 0.2) is 0 Å². The lowest BCUT2D eigenvalue weighted by atomic mass is 10.1. The minimum atomic E-state index is -0.376. The minimum absolute atomic E-state index is 0.305. The maximum absolute atomic E-state index is 13.8. The number of nitrogens with zero attached hydrogens (tertiary/aromatic N) is 1. The quantitative estimate of drug-likeness (QED) is 0.925. The van der Waals surface area contributed by atoms with Gasteiger partial charge in [-0.15, -0.1) is 0 Å². The van der Waals surface area contributed by atoms with Gasteiger partial charge in [-0.2, -0.15) is 0 Å². The zero-order valence-corrected chi connectivity index (χ0v) is 12.8.